The average Bonchev–Trinajstić information content (AvgIpc) is 3.19. The van der Waals surface area contributed by atoms with Gasteiger partial charge >= 0.3 is 0 Å². The molecule has 1 amide bonds. The van der Waals surface area contributed by atoms with Crippen LogP contribution < -0.4 is 5.32 Å². The number of rotatable bonds is 5. The maximum absolute atomic E-state index is 12.5. The molecule has 0 saturated carbocycles. The van der Waals surface area contributed by atoms with Crippen LogP contribution in [0.25, 0.3) is 11.3 Å². The molecule has 6 nitrogen and oxygen atoms in total. The molecule has 6 heteroatoms. The highest BCUT2D eigenvalue weighted by Gasteiger charge is 2.22. The number of nitrogens with zero attached hydrogens (tertiary/aromatic N) is 3. The van der Waals surface area contributed by atoms with Crippen molar-refractivity contribution >= 4 is 5.91 Å². The van der Waals surface area contributed by atoms with Gasteiger partial charge in [-0.3, -0.25) is 14.6 Å². The number of hydrogen-bond acceptors (Lipinski definition) is 3. The first-order chi connectivity index (χ1) is 12.3. The van der Waals surface area contributed by atoms with Gasteiger partial charge in [0.1, 0.15) is 5.69 Å². The number of benzene rings is 1. The molecule has 0 radical (unpaired) electrons. The van der Waals surface area contributed by atoms with E-state index in [2.05, 4.69) is 46.6 Å². The van der Waals surface area contributed by atoms with E-state index in [-0.39, 0.29) is 11.3 Å². The predicted molar refractivity (Wildman–Crippen MR) is 102 cm³/mol. The van der Waals surface area contributed by atoms with E-state index in [1.54, 1.807) is 6.07 Å². The number of hydrogen-bond donors (Lipinski definition) is 2. The third-order valence-corrected chi connectivity index (χ3v) is 4.83. The fraction of sp³-hybridized carbons (Fsp3) is 0.350. The lowest BCUT2D eigenvalue weighted by molar-refractivity contribution is 0.0940. The van der Waals surface area contributed by atoms with E-state index in [4.69, 9.17) is 0 Å². The summed E-state index contributed by atoms with van der Waals surface area (Å²) >= 11 is 0. The molecular formula is C20H25N5O. The molecule has 26 heavy (non-hydrogen) atoms. The molecule has 0 unspecified atom stereocenters. The fourth-order valence-corrected chi connectivity index (χ4v) is 3.10. The second kappa shape index (κ2) is 6.78. The normalized spacial score (nSPS) is 11.6. The average molecular weight is 351 g/mol. The Hall–Kier alpha value is -2.89. The van der Waals surface area contributed by atoms with Gasteiger partial charge in [0.25, 0.3) is 5.91 Å². The molecule has 0 spiro atoms. The Balaban J connectivity index is 1.73. The Kier molecular flexibility index (Phi) is 4.68. The summed E-state index contributed by atoms with van der Waals surface area (Å²) in [6.07, 6.45) is 0. The van der Waals surface area contributed by atoms with E-state index in [0.717, 1.165) is 22.6 Å². The third-order valence-electron chi connectivity index (χ3n) is 4.83. The van der Waals surface area contributed by atoms with Crippen molar-refractivity contribution in [2.75, 3.05) is 6.54 Å². The van der Waals surface area contributed by atoms with Crippen LogP contribution in [-0.4, -0.2) is 32.4 Å². The van der Waals surface area contributed by atoms with Crippen LogP contribution in [0.5, 0.6) is 0 Å². The van der Waals surface area contributed by atoms with Gasteiger partial charge < -0.3 is 5.32 Å². The van der Waals surface area contributed by atoms with Gasteiger partial charge in [-0.1, -0.05) is 44.2 Å². The lowest BCUT2D eigenvalue weighted by atomic mass is 9.84. The van der Waals surface area contributed by atoms with Crippen LogP contribution in [0.3, 0.4) is 0 Å². The summed E-state index contributed by atoms with van der Waals surface area (Å²) in [5, 5.41) is 14.6. The molecule has 2 heterocycles. The van der Waals surface area contributed by atoms with Crippen molar-refractivity contribution in [2.24, 2.45) is 7.05 Å². The first-order valence-electron chi connectivity index (χ1n) is 8.69. The van der Waals surface area contributed by atoms with Crippen molar-refractivity contribution < 1.29 is 4.79 Å². The van der Waals surface area contributed by atoms with Crippen LogP contribution >= 0.6 is 0 Å². The zero-order valence-electron chi connectivity index (χ0n) is 15.9. The van der Waals surface area contributed by atoms with Gasteiger partial charge in [-0.05, 0) is 25.5 Å². The van der Waals surface area contributed by atoms with Gasteiger partial charge in [-0.15, -0.1) is 0 Å². The molecule has 136 valence electrons. The van der Waals surface area contributed by atoms with Gasteiger partial charge in [0.2, 0.25) is 0 Å². The Bertz CT molecular complexity index is 921. The molecule has 0 aliphatic heterocycles. The van der Waals surface area contributed by atoms with Gasteiger partial charge in [0.15, 0.2) is 0 Å². The predicted octanol–water partition coefficient (Wildman–Crippen LogP) is 3.13. The molecule has 1 aromatic carbocycles. The monoisotopic (exact) mass is 351 g/mol. The second-order valence-corrected chi connectivity index (χ2v) is 7.27. The highest BCUT2D eigenvalue weighted by Crippen LogP contribution is 2.25. The van der Waals surface area contributed by atoms with E-state index in [1.807, 2.05) is 43.8 Å². The summed E-state index contributed by atoms with van der Waals surface area (Å²) in [4.78, 5) is 12.5. The summed E-state index contributed by atoms with van der Waals surface area (Å²) in [6.45, 7) is 8.70. The lowest BCUT2D eigenvalue weighted by Crippen LogP contribution is -2.36. The minimum Gasteiger partial charge on any atom is -0.350 e. The van der Waals surface area contributed by atoms with Crippen molar-refractivity contribution in [3.05, 3.63) is 59.0 Å². The molecule has 0 bridgehead atoms. The highest BCUT2D eigenvalue weighted by atomic mass is 16.1. The van der Waals surface area contributed by atoms with Crippen molar-refractivity contribution in [2.45, 2.75) is 33.1 Å². The zero-order chi connectivity index (χ0) is 18.9. The molecule has 2 N–H and O–H groups in total. The van der Waals surface area contributed by atoms with Gasteiger partial charge in [0.05, 0.1) is 11.4 Å². The molecule has 0 fully saturated rings. The van der Waals surface area contributed by atoms with Crippen LogP contribution in [0.15, 0.2) is 36.4 Å². The number of aromatic amines is 1. The standard InChI is InChI=1S/C20H25N5O/c1-13-18(14(2)25(5)24-13)16-11-17(23-22-16)19(26)21-12-20(3,4)15-9-7-6-8-10-15/h6-11H,12H2,1-5H3,(H,21,26)(H,22,23). The molecule has 3 aromatic rings. The van der Waals surface area contributed by atoms with Gasteiger partial charge in [-0.25, -0.2) is 0 Å². The number of carbonyl (C=O) groups excluding carboxylic acids is 1. The molecule has 0 saturated heterocycles. The quantitative estimate of drug-likeness (QED) is 0.741. The van der Waals surface area contributed by atoms with Crippen LogP contribution in [0.2, 0.25) is 0 Å². The number of H-pyrrole nitrogens is 1. The van der Waals surface area contributed by atoms with Gasteiger partial charge in [0, 0.05) is 30.3 Å². The molecule has 2 aromatic heterocycles. The number of nitrogens with one attached hydrogen (secondary N) is 2. The van der Waals surface area contributed by atoms with E-state index < -0.39 is 0 Å². The summed E-state index contributed by atoms with van der Waals surface area (Å²) in [7, 11) is 1.90. The number of amides is 1. The fourth-order valence-electron chi connectivity index (χ4n) is 3.10. The van der Waals surface area contributed by atoms with E-state index in [1.165, 1.54) is 5.56 Å². The smallest absolute Gasteiger partial charge is 0.269 e. The van der Waals surface area contributed by atoms with Crippen molar-refractivity contribution in [1.29, 1.82) is 0 Å². The largest absolute Gasteiger partial charge is 0.350 e. The Morgan fingerprint density at radius 1 is 1.23 bits per heavy atom. The summed E-state index contributed by atoms with van der Waals surface area (Å²) in [5.41, 5.74) is 5.10. The van der Waals surface area contributed by atoms with Crippen molar-refractivity contribution in [3.8, 4) is 11.3 Å². The minimum absolute atomic E-state index is 0.156. The van der Waals surface area contributed by atoms with Crippen LogP contribution in [-0.2, 0) is 12.5 Å². The summed E-state index contributed by atoms with van der Waals surface area (Å²) < 4.78 is 1.82. The van der Waals surface area contributed by atoms with Crippen LogP contribution in [0, 0.1) is 13.8 Å². The van der Waals surface area contributed by atoms with Crippen LogP contribution in [0.4, 0.5) is 0 Å². The molecule has 3 rings (SSSR count). The maximum atomic E-state index is 12.5. The Morgan fingerprint density at radius 3 is 2.54 bits per heavy atom. The number of carbonyl (C=O) groups is 1. The number of aryl methyl sites for hydroxylation is 2. The zero-order valence-corrected chi connectivity index (χ0v) is 15.9. The summed E-state index contributed by atoms with van der Waals surface area (Å²) in [6, 6.07) is 12.0. The minimum atomic E-state index is -0.160. The second-order valence-electron chi connectivity index (χ2n) is 7.27. The Morgan fingerprint density at radius 2 is 1.92 bits per heavy atom. The van der Waals surface area contributed by atoms with Crippen molar-refractivity contribution in [3.63, 3.8) is 0 Å². The maximum Gasteiger partial charge on any atom is 0.269 e. The van der Waals surface area contributed by atoms with Crippen LogP contribution in [0.1, 0.15) is 41.3 Å². The Labute approximate surface area is 153 Å². The molecule has 0 atom stereocenters. The topological polar surface area (TPSA) is 75.6 Å². The molecule has 0 aliphatic carbocycles. The third kappa shape index (κ3) is 3.40. The van der Waals surface area contributed by atoms with E-state index in [9.17, 15) is 4.79 Å². The van der Waals surface area contributed by atoms with E-state index in [0.29, 0.717) is 12.2 Å². The SMILES string of the molecule is Cc1nn(C)c(C)c1-c1cc(C(=O)NCC(C)(C)c2ccccc2)[nH]n1. The first-order valence-corrected chi connectivity index (χ1v) is 8.69. The van der Waals surface area contributed by atoms with E-state index >= 15 is 0 Å². The van der Waals surface area contributed by atoms with Gasteiger partial charge in [-0.2, -0.15) is 10.2 Å². The summed E-state index contributed by atoms with van der Waals surface area (Å²) in [5.74, 6) is -0.160. The highest BCUT2D eigenvalue weighted by molar-refractivity contribution is 5.93. The molecule has 0 aliphatic rings. The first kappa shape index (κ1) is 17.9. The lowest BCUT2D eigenvalue weighted by Gasteiger charge is -2.25. The molecular weight excluding hydrogens is 326 g/mol. The van der Waals surface area contributed by atoms with Crippen molar-refractivity contribution in [1.82, 2.24) is 25.3 Å². The number of aromatic nitrogens is 4.